The summed E-state index contributed by atoms with van der Waals surface area (Å²) in [5.41, 5.74) is 0.995. The molecule has 0 aliphatic carbocycles. The number of carbonyl (C=O) groups excluding carboxylic acids is 1. The summed E-state index contributed by atoms with van der Waals surface area (Å²) in [6.07, 6.45) is 2.22. The van der Waals surface area contributed by atoms with E-state index >= 15 is 0 Å². The maximum Gasteiger partial charge on any atom is 0.233 e. The smallest absolute Gasteiger partial charge is 0.233 e. The summed E-state index contributed by atoms with van der Waals surface area (Å²) in [7, 11) is 2.95. The molecule has 78 valence electrons. The molecule has 14 heavy (non-hydrogen) atoms. The molecule has 0 saturated carbocycles. The zero-order valence-electron chi connectivity index (χ0n) is 8.40. The Balaban J connectivity index is 0.000000255. The van der Waals surface area contributed by atoms with Crippen molar-refractivity contribution < 1.29 is 9.63 Å². The molecule has 0 bridgehead atoms. The number of aryl methyl sites for hydroxylation is 1. The van der Waals surface area contributed by atoms with Gasteiger partial charge in [-0.15, -0.1) is 0 Å². The lowest BCUT2D eigenvalue weighted by Crippen LogP contribution is -2.12. The van der Waals surface area contributed by atoms with Crippen LogP contribution in [0.3, 0.4) is 0 Å². The molecule has 1 heterocycles. The Morgan fingerprint density at radius 2 is 2.21 bits per heavy atom. The molecular formula is C9H13ClN2O2. The molecule has 0 aliphatic heterocycles. The summed E-state index contributed by atoms with van der Waals surface area (Å²) >= 11 is 5.55. The lowest BCUT2D eigenvalue weighted by Gasteiger charge is -2.02. The zero-order valence-corrected chi connectivity index (χ0v) is 9.15. The Hall–Kier alpha value is -1.13. The molecule has 0 unspecified atom stereocenters. The number of hydroxylamine groups is 2. The fourth-order valence-electron chi connectivity index (χ4n) is 0.493. The molecule has 0 aliphatic rings. The highest BCUT2D eigenvalue weighted by atomic mass is 35.5. The number of nitrogens with zero attached hydrogens (tertiary/aromatic N) is 2. The van der Waals surface area contributed by atoms with Crippen LogP contribution in [0, 0.1) is 6.92 Å². The van der Waals surface area contributed by atoms with Crippen LogP contribution in [0.2, 0.25) is 5.02 Å². The van der Waals surface area contributed by atoms with E-state index in [1.54, 1.807) is 6.20 Å². The van der Waals surface area contributed by atoms with Crippen molar-refractivity contribution in [3.05, 3.63) is 29.0 Å². The third-order valence-corrected chi connectivity index (χ3v) is 1.54. The predicted molar refractivity (Wildman–Crippen MR) is 54.8 cm³/mol. The van der Waals surface area contributed by atoms with Crippen LogP contribution in [0.4, 0.5) is 0 Å². The molecule has 1 aromatic heterocycles. The van der Waals surface area contributed by atoms with Crippen molar-refractivity contribution in [1.29, 1.82) is 0 Å². The second-order valence-electron chi connectivity index (χ2n) is 2.45. The summed E-state index contributed by atoms with van der Waals surface area (Å²) in [5, 5.41) is 1.76. The second-order valence-corrected chi connectivity index (χ2v) is 2.89. The van der Waals surface area contributed by atoms with Gasteiger partial charge in [-0.2, -0.15) is 0 Å². The topological polar surface area (TPSA) is 42.4 Å². The van der Waals surface area contributed by atoms with Crippen LogP contribution in [-0.2, 0) is 9.63 Å². The van der Waals surface area contributed by atoms with Crippen LogP contribution in [0.1, 0.15) is 5.69 Å². The number of hydrogen-bond acceptors (Lipinski definition) is 3. The van der Waals surface area contributed by atoms with Crippen molar-refractivity contribution in [1.82, 2.24) is 10.0 Å². The molecule has 0 aromatic carbocycles. The van der Waals surface area contributed by atoms with Gasteiger partial charge in [-0.3, -0.25) is 14.6 Å². The van der Waals surface area contributed by atoms with Gasteiger partial charge in [-0.1, -0.05) is 11.6 Å². The monoisotopic (exact) mass is 216 g/mol. The summed E-state index contributed by atoms with van der Waals surface area (Å²) < 4.78 is 0. The van der Waals surface area contributed by atoms with Gasteiger partial charge in [0.25, 0.3) is 0 Å². The molecule has 0 spiro atoms. The van der Waals surface area contributed by atoms with Gasteiger partial charge in [0.05, 0.1) is 12.1 Å². The largest absolute Gasteiger partial charge is 0.276 e. The van der Waals surface area contributed by atoms with E-state index in [1.165, 1.54) is 14.2 Å². The van der Waals surface area contributed by atoms with Gasteiger partial charge in [-0.05, 0) is 19.1 Å². The first-order chi connectivity index (χ1) is 6.60. The van der Waals surface area contributed by atoms with E-state index < -0.39 is 0 Å². The highest BCUT2D eigenvalue weighted by Gasteiger charge is 1.83. The van der Waals surface area contributed by atoms with E-state index in [-0.39, 0.29) is 0 Å². The maximum atomic E-state index is 9.54. The first-order valence-corrected chi connectivity index (χ1v) is 4.28. The third-order valence-electron chi connectivity index (χ3n) is 1.31. The normalized spacial score (nSPS) is 8.57. The Morgan fingerprint density at radius 3 is 2.43 bits per heavy atom. The number of rotatable bonds is 2. The molecule has 0 radical (unpaired) electrons. The van der Waals surface area contributed by atoms with E-state index in [9.17, 15) is 4.79 Å². The van der Waals surface area contributed by atoms with E-state index in [0.29, 0.717) is 11.4 Å². The molecule has 1 amide bonds. The highest BCUT2D eigenvalue weighted by Crippen LogP contribution is 2.04. The SMILES string of the molecule is CON(C)C=O.Cc1ccc(Cl)cn1. The third kappa shape index (κ3) is 6.39. The van der Waals surface area contributed by atoms with Gasteiger partial charge < -0.3 is 0 Å². The number of pyridine rings is 1. The van der Waals surface area contributed by atoms with Gasteiger partial charge >= 0.3 is 0 Å². The minimum Gasteiger partial charge on any atom is -0.276 e. The van der Waals surface area contributed by atoms with Crippen LogP contribution in [-0.4, -0.2) is 30.6 Å². The average molecular weight is 217 g/mol. The summed E-state index contributed by atoms with van der Waals surface area (Å²) in [6.45, 7) is 1.93. The van der Waals surface area contributed by atoms with Crippen molar-refractivity contribution in [2.24, 2.45) is 0 Å². The van der Waals surface area contributed by atoms with Gasteiger partial charge in [0.2, 0.25) is 6.41 Å². The van der Waals surface area contributed by atoms with Crippen LogP contribution in [0.25, 0.3) is 0 Å². The molecule has 1 aromatic rings. The van der Waals surface area contributed by atoms with Crippen LogP contribution >= 0.6 is 11.6 Å². The minimum absolute atomic E-state index is 0.583. The first-order valence-electron chi connectivity index (χ1n) is 3.90. The van der Waals surface area contributed by atoms with E-state index in [4.69, 9.17) is 11.6 Å². The van der Waals surface area contributed by atoms with Crippen molar-refractivity contribution in [3.63, 3.8) is 0 Å². The van der Waals surface area contributed by atoms with Crippen molar-refractivity contribution in [2.45, 2.75) is 6.92 Å². The Morgan fingerprint density at radius 1 is 1.57 bits per heavy atom. The molecule has 0 saturated heterocycles. The Labute approximate surface area is 88.4 Å². The molecule has 0 atom stereocenters. The summed E-state index contributed by atoms with van der Waals surface area (Å²) in [6, 6.07) is 3.70. The fourth-order valence-corrected chi connectivity index (χ4v) is 0.605. The maximum absolute atomic E-state index is 9.54. The van der Waals surface area contributed by atoms with Crippen molar-refractivity contribution >= 4 is 18.0 Å². The van der Waals surface area contributed by atoms with Gasteiger partial charge in [-0.25, -0.2) is 5.06 Å². The number of carbonyl (C=O) groups is 1. The number of amides is 1. The minimum atomic E-state index is 0.583. The van der Waals surface area contributed by atoms with E-state index in [1.807, 2.05) is 19.1 Å². The quantitative estimate of drug-likeness (QED) is 0.558. The van der Waals surface area contributed by atoms with Gasteiger partial charge in [0.15, 0.2) is 0 Å². The standard InChI is InChI=1S/C6H6ClN.C3H7NO2/c1-5-2-3-6(7)4-8-5;1-4(3-5)6-2/h2-4H,1H3;3H,1-2H3. The summed E-state index contributed by atoms with van der Waals surface area (Å²) in [5.74, 6) is 0. The lowest BCUT2D eigenvalue weighted by molar-refractivity contribution is -0.153. The number of hydrogen-bond donors (Lipinski definition) is 0. The fraction of sp³-hybridized carbons (Fsp3) is 0.333. The molecule has 1 rings (SSSR count). The highest BCUT2D eigenvalue weighted by molar-refractivity contribution is 6.30. The van der Waals surface area contributed by atoms with E-state index in [0.717, 1.165) is 10.8 Å². The predicted octanol–water partition coefficient (Wildman–Crippen LogP) is 1.68. The lowest BCUT2D eigenvalue weighted by atomic mass is 10.4. The second kappa shape index (κ2) is 7.29. The van der Waals surface area contributed by atoms with Crippen molar-refractivity contribution in [3.8, 4) is 0 Å². The molecular weight excluding hydrogens is 204 g/mol. The summed E-state index contributed by atoms with van der Waals surface area (Å²) in [4.78, 5) is 17.8. The zero-order chi connectivity index (χ0) is 11.0. The van der Waals surface area contributed by atoms with Crippen LogP contribution in [0.15, 0.2) is 18.3 Å². The number of halogens is 1. The van der Waals surface area contributed by atoms with Gasteiger partial charge in [0.1, 0.15) is 0 Å². The molecule has 0 fully saturated rings. The molecule has 0 N–H and O–H groups in total. The molecule has 4 nitrogen and oxygen atoms in total. The molecule has 5 heteroatoms. The first kappa shape index (κ1) is 12.9. The van der Waals surface area contributed by atoms with Crippen LogP contribution in [0.5, 0.6) is 0 Å². The number of aromatic nitrogens is 1. The Bertz CT molecular complexity index is 243. The van der Waals surface area contributed by atoms with Crippen molar-refractivity contribution in [2.75, 3.05) is 14.2 Å². The van der Waals surface area contributed by atoms with Gasteiger partial charge in [0, 0.05) is 18.9 Å². The average Bonchev–Trinajstić information content (AvgIpc) is 2.22. The van der Waals surface area contributed by atoms with Crippen LogP contribution < -0.4 is 0 Å². The van der Waals surface area contributed by atoms with E-state index in [2.05, 4.69) is 9.82 Å². The Kier molecular flexibility index (Phi) is 6.70.